The molecule has 3 aromatic rings. The Labute approximate surface area is 231 Å². The van der Waals surface area contributed by atoms with Crippen molar-refractivity contribution in [3.63, 3.8) is 0 Å². The smallest absolute Gasteiger partial charge is 0.422 e. The summed E-state index contributed by atoms with van der Waals surface area (Å²) in [5, 5.41) is 5.81. The third kappa shape index (κ3) is 6.97. The van der Waals surface area contributed by atoms with Crippen molar-refractivity contribution >= 4 is 45.6 Å². The van der Waals surface area contributed by atoms with Crippen LogP contribution in [-0.4, -0.2) is 78.6 Å². The van der Waals surface area contributed by atoms with Gasteiger partial charge in [0, 0.05) is 42.9 Å². The highest BCUT2D eigenvalue weighted by molar-refractivity contribution is 6.31. The molecule has 2 aliphatic rings. The largest absolute Gasteiger partial charge is 0.482 e. The highest BCUT2D eigenvalue weighted by atomic mass is 35.5. The van der Waals surface area contributed by atoms with Gasteiger partial charge in [-0.25, -0.2) is 14.4 Å². The van der Waals surface area contributed by atoms with Gasteiger partial charge in [0.1, 0.15) is 23.7 Å². The van der Waals surface area contributed by atoms with Crippen LogP contribution in [0.5, 0.6) is 5.75 Å². The van der Waals surface area contributed by atoms with Gasteiger partial charge in [-0.1, -0.05) is 17.7 Å². The molecule has 2 aromatic carbocycles. The second-order valence-corrected chi connectivity index (χ2v) is 9.58. The van der Waals surface area contributed by atoms with E-state index in [1.165, 1.54) is 42.7 Å². The Hall–Kier alpha value is -3.52. The summed E-state index contributed by atoms with van der Waals surface area (Å²) in [5.74, 6) is -1.15. The van der Waals surface area contributed by atoms with Crippen molar-refractivity contribution in [2.75, 3.05) is 50.1 Å². The van der Waals surface area contributed by atoms with Crippen molar-refractivity contribution in [3.8, 4) is 5.75 Å². The van der Waals surface area contributed by atoms with Crippen LogP contribution in [0.4, 0.5) is 34.8 Å². The van der Waals surface area contributed by atoms with Gasteiger partial charge in [-0.3, -0.25) is 9.69 Å². The quantitative estimate of drug-likeness (QED) is 0.292. The molecule has 212 valence electrons. The normalized spacial score (nSPS) is 19.6. The summed E-state index contributed by atoms with van der Waals surface area (Å²) in [6, 6.07) is 6.64. The number of ether oxygens (including phenoxy) is 3. The minimum atomic E-state index is -4.60. The van der Waals surface area contributed by atoms with Gasteiger partial charge in [-0.05, 0) is 24.3 Å². The van der Waals surface area contributed by atoms with Crippen LogP contribution in [0.1, 0.15) is 0 Å². The Morgan fingerprint density at radius 3 is 2.60 bits per heavy atom. The Bertz CT molecular complexity index is 1410. The molecule has 1 aromatic heterocycles. The standard InChI is InChI=1S/C26H24ClF4N5O4/c27-17-8-15(3-4-18(17)28)34-25-16-9-20(21(40-13-26(29,30)31)10-19(16)32-14-33-25)35-24(37)2-1-5-36-11-22-23(12-36)39-7-6-38-22/h1-4,8-10,14,22-23H,5-7,11-13H2,(H,35,37)(H,32,33,34). The van der Waals surface area contributed by atoms with E-state index in [1.807, 2.05) is 0 Å². The van der Waals surface area contributed by atoms with Gasteiger partial charge in [0.05, 0.1) is 41.6 Å². The molecule has 0 aliphatic carbocycles. The molecule has 2 fully saturated rings. The number of likely N-dealkylation sites (tertiary alicyclic amines) is 1. The Morgan fingerprint density at radius 1 is 1.15 bits per heavy atom. The van der Waals surface area contributed by atoms with Crippen LogP contribution in [0.2, 0.25) is 5.02 Å². The molecule has 1 amide bonds. The number of hydrogen-bond donors (Lipinski definition) is 2. The lowest BCUT2D eigenvalue weighted by Gasteiger charge is -2.24. The second kappa shape index (κ2) is 11.9. The molecule has 0 saturated carbocycles. The van der Waals surface area contributed by atoms with Crippen molar-refractivity contribution in [2.45, 2.75) is 18.4 Å². The molecule has 0 bridgehead atoms. The van der Waals surface area contributed by atoms with E-state index in [-0.39, 0.29) is 40.0 Å². The van der Waals surface area contributed by atoms with Crippen LogP contribution in [0.15, 0.2) is 48.8 Å². The van der Waals surface area contributed by atoms with Crippen molar-refractivity contribution in [2.24, 2.45) is 0 Å². The number of halogens is 5. The molecule has 2 unspecified atom stereocenters. The minimum Gasteiger partial charge on any atom is -0.482 e. The van der Waals surface area contributed by atoms with Gasteiger partial charge in [0.2, 0.25) is 5.91 Å². The topological polar surface area (TPSA) is 97.8 Å². The van der Waals surface area contributed by atoms with E-state index >= 15 is 0 Å². The molecular formula is C26H24ClF4N5O4. The first kappa shape index (κ1) is 28.0. The Kier molecular flexibility index (Phi) is 8.35. The van der Waals surface area contributed by atoms with Crippen molar-refractivity contribution in [1.82, 2.24) is 14.9 Å². The lowest BCUT2D eigenvalue weighted by Crippen LogP contribution is -2.36. The van der Waals surface area contributed by atoms with Gasteiger partial charge in [0.25, 0.3) is 0 Å². The lowest BCUT2D eigenvalue weighted by molar-refractivity contribution is -0.153. The molecule has 9 nitrogen and oxygen atoms in total. The molecule has 3 heterocycles. The number of carbonyl (C=O) groups is 1. The zero-order valence-corrected chi connectivity index (χ0v) is 21.6. The van der Waals surface area contributed by atoms with Crippen molar-refractivity contribution in [3.05, 3.63) is 59.7 Å². The number of hydrogen-bond acceptors (Lipinski definition) is 8. The van der Waals surface area contributed by atoms with Gasteiger partial charge in [-0.15, -0.1) is 0 Å². The van der Waals surface area contributed by atoms with E-state index in [9.17, 15) is 22.4 Å². The van der Waals surface area contributed by atoms with Crippen LogP contribution < -0.4 is 15.4 Å². The van der Waals surface area contributed by atoms with Crippen LogP contribution >= 0.6 is 11.6 Å². The van der Waals surface area contributed by atoms with Gasteiger partial charge >= 0.3 is 6.18 Å². The van der Waals surface area contributed by atoms with Gasteiger partial charge in [0.15, 0.2) is 6.61 Å². The molecule has 5 rings (SSSR count). The van der Waals surface area contributed by atoms with Crippen LogP contribution in [0.25, 0.3) is 10.9 Å². The van der Waals surface area contributed by atoms with Crippen molar-refractivity contribution < 1.29 is 36.6 Å². The van der Waals surface area contributed by atoms with Gasteiger partial charge < -0.3 is 24.8 Å². The number of rotatable bonds is 8. The number of nitrogens with one attached hydrogen (secondary N) is 2. The summed E-state index contributed by atoms with van der Waals surface area (Å²) < 4.78 is 68.7. The van der Waals surface area contributed by atoms with Crippen LogP contribution in [0, 0.1) is 5.82 Å². The van der Waals surface area contributed by atoms with E-state index in [0.717, 1.165) is 0 Å². The predicted molar refractivity (Wildman–Crippen MR) is 139 cm³/mol. The van der Waals surface area contributed by atoms with Gasteiger partial charge in [-0.2, -0.15) is 13.2 Å². The predicted octanol–water partition coefficient (Wildman–Crippen LogP) is 4.70. The molecule has 2 saturated heterocycles. The zero-order chi connectivity index (χ0) is 28.3. The lowest BCUT2D eigenvalue weighted by atomic mass is 10.1. The zero-order valence-electron chi connectivity index (χ0n) is 20.9. The van der Waals surface area contributed by atoms with Crippen molar-refractivity contribution in [1.29, 1.82) is 0 Å². The molecule has 2 atom stereocenters. The number of alkyl halides is 3. The average Bonchev–Trinajstić information content (AvgIpc) is 3.32. The fourth-order valence-electron chi connectivity index (χ4n) is 4.44. The summed E-state index contributed by atoms with van der Waals surface area (Å²) in [6.07, 6.45) is -0.456. The SMILES string of the molecule is O=C(C=CCN1CC2OCCOC2C1)Nc1cc2c(Nc3ccc(F)c(Cl)c3)ncnc2cc1OCC(F)(F)F. The number of amides is 1. The fourth-order valence-corrected chi connectivity index (χ4v) is 4.62. The maximum absolute atomic E-state index is 13.6. The highest BCUT2D eigenvalue weighted by Crippen LogP contribution is 2.35. The minimum absolute atomic E-state index is 0.00197. The summed E-state index contributed by atoms with van der Waals surface area (Å²) in [6.45, 7) is 1.35. The number of aromatic nitrogens is 2. The fraction of sp³-hybridized carbons (Fsp3) is 0.346. The first-order valence-corrected chi connectivity index (χ1v) is 12.7. The maximum atomic E-state index is 13.6. The Balaban J connectivity index is 1.35. The van der Waals surface area contributed by atoms with E-state index in [0.29, 0.717) is 43.9 Å². The molecule has 0 spiro atoms. The first-order valence-electron chi connectivity index (χ1n) is 12.3. The third-order valence-electron chi connectivity index (χ3n) is 6.24. The van der Waals surface area contributed by atoms with E-state index < -0.39 is 24.5 Å². The monoisotopic (exact) mass is 581 g/mol. The first-order chi connectivity index (χ1) is 19.1. The summed E-state index contributed by atoms with van der Waals surface area (Å²) in [5.41, 5.74) is 0.640. The number of nitrogens with zero attached hydrogens (tertiary/aromatic N) is 3. The molecule has 14 heteroatoms. The molecule has 40 heavy (non-hydrogen) atoms. The summed E-state index contributed by atoms with van der Waals surface area (Å²) in [4.78, 5) is 23.1. The number of carbonyl (C=O) groups excluding carboxylic acids is 1. The Morgan fingerprint density at radius 2 is 1.90 bits per heavy atom. The number of fused-ring (bicyclic) bond motifs is 2. The van der Waals surface area contributed by atoms with E-state index in [2.05, 4.69) is 25.5 Å². The maximum Gasteiger partial charge on any atom is 0.422 e. The molecule has 0 radical (unpaired) electrons. The average molecular weight is 582 g/mol. The number of benzene rings is 2. The third-order valence-corrected chi connectivity index (χ3v) is 6.53. The van der Waals surface area contributed by atoms with Crippen LogP contribution in [-0.2, 0) is 14.3 Å². The summed E-state index contributed by atoms with van der Waals surface area (Å²) >= 11 is 5.86. The number of anilines is 3. The molecule has 2 aliphatic heterocycles. The van der Waals surface area contributed by atoms with Crippen LogP contribution in [0.3, 0.4) is 0 Å². The molecule has 2 N–H and O–H groups in total. The van der Waals surface area contributed by atoms with E-state index in [4.69, 9.17) is 25.8 Å². The second-order valence-electron chi connectivity index (χ2n) is 9.17. The van der Waals surface area contributed by atoms with E-state index in [1.54, 1.807) is 6.08 Å². The molecular weight excluding hydrogens is 558 g/mol. The summed E-state index contributed by atoms with van der Waals surface area (Å²) in [7, 11) is 0. The highest BCUT2D eigenvalue weighted by Gasteiger charge is 2.36.